The van der Waals surface area contributed by atoms with Crippen molar-refractivity contribution >= 4 is 11.5 Å². The molecule has 1 aromatic carbocycles. The predicted molar refractivity (Wildman–Crippen MR) is 77.1 cm³/mol. The van der Waals surface area contributed by atoms with Gasteiger partial charge in [0.2, 0.25) is 0 Å². The van der Waals surface area contributed by atoms with Gasteiger partial charge in [-0.05, 0) is 43.2 Å². The van der Waals surface area contributed by atoms with Gasteiger partial charge in [-0.2, -0.15) is 5.26 Å². The number of unbranched alkanes of at least 4 members (excludes halogenated alkanes) is 1. The molecule has 0 aromatic heterocycles. The molecule has 0 fully saturated rings. The Morgan fingerprint density at radius 3 is 2.45 bits per heavy atom. The van der Waals surface area contributed by atoms with Crippen LogP contribution in [0, 0.1) is 11.3 Å². The number of nitriles is 1. The Kier molecular flexibility index (Phi) is 6.31. The van der Waals surface area contributed by atoms with E-state index in [1.165, 1.54) is 0 Å². The van der Waals surface area contributed by atoms with Crippen LogP contribution in [0.3, 0.4) is 0 Å². The monoisotopic (exact) mass is 273 g/mol. The molecule has 4 nitrogen and oxygen atoms in total. The zero-order chi connectivity index (χ0) is 15.0. The predicted octanol–water partition coefficient (Wildman–Crippen LogP) is 3.34. The summed E-state index contributed by atoms with van der Waals surface area (Å²) in [6.45, 7) is 4.01. The first kappa shape index (κ1) is 15.8. The Bertz CT molecular complexity index is 524. The first-order valence-corrected chi connectivity index (χ1v) is 6.56. The molecule has 0 heterocycles. The number of carbonyl (C=O) groups is 1. The second-order valence-electron chi connectivity index (χ2n) is 4.33. The minimum atomic E-state index is -0.439. The third-order valence-electron chi connectivity index (χ3n) is 2.90. The van der Waals surface area contributed by atoms with Crippen molar-refractivity contribution in [1.29, 1.82) is 5.26 Å². The van der Waals surface area contributed by atoms with Crippen molar-refractivity contribution in [3.63, 3.8) is 0 Å². The number of allylic oxidation sites excluding steroid dienone is 1. The smallest absolute Gasteiger partial charge is 0.335 e. The molecule has 1 aromatic rings. The summed E-state index contributed by atoms with van der Waals surface area (Å²) in [5.41, 5.74) is 1.33. The summed E-state index contributed by atoms with van der Waals surface area (Å²) in [5.74, 6) is 0.264. The minimum absolute atomic E-state index is 0.328. The highest BCUT2D eigenvalue weighted by Crippen LogP contribution is 2.21. The highest BCUT2D eigenvalue weighted by molar-refractivity contribution is 6.00. The van der Waals surface area contributed by atoms with Crippen LogP contribution < -0.4 is 4.74 Å². The quantitative estimate of drug-likeness (QED) is 0.345. The summed E-state index contributed by atoms with van der Waals surface area (Å²) >= 11 is 0. The van der Waals surface area contributed by atoms with Crippen molar-refractivity contribution in [2.75, 3.05) is 13.7 Å². The van der Waals surface area contributed by atoms with Gasteiger partial charge < -0.3 is 9.47 Å². The molecule has 0 aliphatic rings. The third kappa shape index (κ3) is 4.13. The minimum Gasteiger partial charge on any atom is -0.497 e. The van der Waals surface area contributed by atoms with Gasteiger partial charge in [0.05, 0.1) is 24.9 Å². The van der Waals surface area contributed by atoms with E-state index in [4.69, 9.17) is 9.47 Å². The summed E-state index contributed by atoms with van der Waals surface area (Å²) in [4.78, 5) is 11.9. The number of carbonyl (C=O) groups excluding carboxylic acids is 1. The van der Waals surface area contributed by atoms with Crippen LogP contribution in [-0.4, -0.2) is 19.7 Å². The fraction of sp³-hybridized carbons (Fsp3) is 0.375. The van der Waals surface area contributed by atoms with Gasteiger partial charge in [-0.3, -0.25) is 0 Å². The average molecular weight is 273 g/mol. The van der Waals surface area contributed by atoms with Crippen LogP contribution in [0.2, 0.25) is 0 Å². The molecule has 4 heteroatoms. The summed E-state index contributed by atoms with van der Waals surface area (Å²) in [6, 6.07) is 9.07. The van der Waals surface area contributed by atoms with E-state index in [0.29, 0.717) is 29.1 Å². The number of benzene rings is 1. The molecule has 106 valence electrons. The van der Waals surface area contributed by atoms with Gasteiger partial charge in [-0.25, -0.2) is 4.79 Å². The number of hydrogen-bond acceptors (Lipinski definition) is 4. The molecule has 0 radical (unpaired) electrons. The van der Waals surface area contributed by atoms with Gasteiger partial charge >= 0.3 is 5.97 Å². The first-order valence-electron chi connectivity index (χ1n) is 6.56. The van der Waals surface area contributed by atoms with E-state index >= 15 is 0 Å². The zero-order valence-corrected chi connectivity index (χ0v) is 12.1. The summed E-state index contributed by atoms with van der Waals surface area (Å²) in [7, 11) is 1.58. The molecular formula is C16H19NO3. The molecule has 0 bridgehead atoms. The molecule has 0 aliphatic carbocycles. The fourth-order valence-electron chi connectivity index (χ4n) is 1.64. The molecule has 0 amide bonds. The maximum Gasteiger partial charge on any atom is 0.335 e. The lowest BCUT2D eigenvalue weighted by Crippen LogP contribution is -2.08. The first-order chi connectivity index (χ1) is 9.63. The van der Waals surface area contributed by atoms with Gasteiger partial charge in [-0.15, -0.1) is 0 Å². The summed E-state index contributed by atoms with van der Waals surface area (Å²) < 4.78 is 10.2. The molecular weight excluding hydrogens is 254 g/mol. The molecule has 1 rings (SSSR count). The van der Waals surface area contributed by atoms with Crippen LogP contribution in [0.25, 0.3) is 5.57 Å². The van der Waals surface area contributed by atoms with Crippen molar-refractivity contribution in [3.8, 4) is 11.8 Å². The van der Waals surface area contributed by atoms with E-state index in [-0.39, 0.29) is 0 Å². The Morgan fingerprint density at radius 1 is 1.30 bits per heavy atom. The lowest BCUT2D eigenvalue weighted by Gasteiger charge is -2.07. The Balaban J connectivity index is 2.94. The van der Waals surface area contributed by atoms with Crippen LogP contribution in [0.15, 0.2) is 29.8 Å². The van der Waals surface area contributed by atoms with Crippen LogP contribution in [0.1, 0.15) is 32.3 Å². The van der Waals surface area contributed by atoms with E-state index in [2.05, 4.69) is 6.07 Å². The zero-order valence-electron chi connectivity index (χ0n) is 12.1. The number of methoxy groups -OCH3 is 1. The van der Waals surface area contributed by atoms with Crippen LogP contribution >= 0.6 is 0 Å². The normalized spacial score (nSPS) is 11.3. The molecule has 20 heavy (non-hydrogen) atoms. The molecule has 0 saturated heterocycles. The highest BCUT2D eigenvalue weighted by Gasteiger charge is 2.13. The van der Waals surface area contributed by atoms with Gasteiger partial charge in [0.15, 0.2) is 0 Å². The van der Waals surface area contributed by atoms with E-state index in [0.717, 1.165) is 12.8 Å². The maximum absolute atomic E-state index is 11.9. The van der Waals surface area contributed by atoms with Crippen LogP contribution in [0.5, 0.6) is 5.75 Å². The Hall–Kier alpha value is -2.28. The van der Waals surface area contributed by atoms with E-state index < -0.39 is 5.97 Å². The second-order valence-corrected chi connectivity index (χ2v) is 4.33. The lowest BCUT2D eigenvalue weighted by atomic mass is 10.0. The largest absolute Gasteiger partial charge is 0.497 e. The summed E-state index contributed by atoms with van der Waals surface area (Å²) in [6.07, 6.45) is 1.78. The Morgan fingerprint density at radius 2 is 1.95 bits per heavy atom. The van der Waals surface area contributed by atoms with Gasteiger partial charge in [0.1, 0.15) is 11.8 Å². The standard InChI is InChI=1S/C16H19NO3/c1-4-5-10-20-16(18)12(2)15(11-17)13-6-8-14(19-3)9-7-13/h6-9H,4-5,10H2,1-3H3. The number of hydrogen-bond donors (Lipinski definition) is 0. The highest BCUT2D eigenvalue weighted by atomic mass is 16.5. The van der Waals surface area contributed by atoms with E-state index in [1.54, 1.807) is 38.3 Å². The van der Waals surface area contributed by atoms with Crippen molar-refractivity contribution in [1.82, 2.24) is 0 Å². The van der Waals surface area contributed by atoms with Gasteiger partial charge in [-0.1, -0.05) is 13.3 Å². The second kappa shape index (κ2) is 8.00. The average Bonchev–Trinajstić information content (AvgIpc) is 2.48. The molecule has 0 aliphatic heterocycles. The number of nitrogens with zero attached hydrogens (tertiary/aromatic N) is 1. The number of esters is 1. The van der Waals surface area contributed by atoms with Crippen LogP contribution in [-0.2, 0) is 9.53 Å². The van der Waals surface area contributed by atoms with Crippen molar-refractivity contribution in [2.45, 2.75) is 26.7 Å². The van der Waals surface area contributed by atoms with E-state index in [1.807, 2.05) is 6.92 Å². The molecule has 0 unspecified atom stereocenters. The molecule has 0 saturated carbocycles. The SMILES string of the molecule is CCCCOC(=O)C(C)=C(C#N)c1ccc(OC)cc1. The topological polar surface area (TPSA) is 59.3 Å². The number of ether oxygens (including phenoxy) is 2. The lowest BCUT2D eigenvalue weighted by molar-refractivity contribution is -0.139. The third-order valence-corrected chi connectivity index (χ3v) is 2.90. The van der Waals surface area contributed by atoms with E-state index in [9.17, 15) is 10.1 Å². The van der Waals surface area contributed by atoms with Crippen molar-refractivity contribution in [3.05, 3.63) is 35.4 Å². The summed E-state index contributed by atoms with van der Waals surface area (Å²) in [5, 5.41) is 9.25. The van der Waals surface area contributed by atoms with Gasteiger partial charge in [0, 0.05) is 0 Å². The number of rotatable bonds is 6. The maximum atomic E-state index is 11.9. The van der Waals surface area contributed by atoms with Crippen molar-refractivity contribution < 1.29 is 14.3 Å². The van der Waals surface area contributed by atoms with Crippen molar-refractivity contribution in [2.24, 2.45) is 0 Å². The molecule has 0 spiro atoms. The van der Waals surface area contributed by atoms with Gasteiger partial charge in [0.25, 0.3) is 0 Å². The Labute approximate surface area is 119 Å². The fourth-order valence-corrected chi connectivity index (χ4v) is 1.64. The molecule has 0 N–H and O–H groups in total. The molecule has 0 atom stereocenters. The van der Waals surface area contributed by atoms with Crippen LogP contribution in [0.4, 0.5) is 0 Å².